The number of hydrogen-bond donors (Lipinski definition) is 0. The first-order valence-corrected chi connectivity index (χ1v) is 13.8. The molecule has 0 fully saturated rings. The van der Waals surface area contributed by atoms with E-state index in [2.05, 4.69) is 81.6 Å². The van der Waals surface area contributed by atoms with E-state index in [4.69, 9.17) is 9.97 Å². The Morgan fingerprint density at radius 2 is 1.61 bits per heavy atom. The van der Waals surface area contributed by atoms with E-state index < -0.39 is 0 Å². The molecule has 0 saturated carbocycles. The van der Waals surface area contributed by atoms with Crippen LogP contribution in [0.3, 0.4) is 0 Å². The fourth-order valence-corrected chi connectivity index (χ4v) is 8.04. The predicted molar refractivity (Wildman–Crippen MR) is 132 cm³/mol. The Kier molecular flexibility index (Phi) is 6.54. The molecule has 0 bridgehead atoms. The van der Waals surface area contributed by atoms with E-state index in [0.717, 1.165) is 25.6 Å². The van der Waals surface area contributed by atoms with Crippen molar-refractivity contribution in [2.75, 3.05) is 0 Å². The minimum atomic E-state index is 0.414. The molecule has 0 aromatic carbocycles. The molecule has 0 saturated heterocycles. The molecule has 0 aliphatic carbocycles. The summed E-state index contributed by atoms with van der Waals surface area (Å²) in [5.41, 5.74) is 3.47. The summed E-state index contributed by atoms with van der Waals surface area (Å²) in [4.78, 5) is 14.8. The molecule has 1 unspecified atom stereocenters. The van der Waals surface area contributed by atoms with E-state index in [1.807, 2.05) is 11.3 Å². The van der Waals surface area contributed by atoms with E-state index >= 15 is 0 Å². The van der Waals surface area contributed by atoms with Crippen molar-refractivity contribution in [2.24, 2.45) is 0 Å². The van der Waals surface area contributed by atoms with Crippen LogP contribution in [0.1, 0.15) is 47.2 Å². The molecule has 0 aliphatic heterocycles. The highest BCUT2D eigenvalue weighted by molar-refractivity contribution is 9.11. The molecule has 0 amide bonds. The number of thiazole rings is 2. The number of hydrogen-bond acceptors (Lipinski definition) is 6. The zero-order valence-electron chi connectivity index (χ0n) is 15.5. The zero-order valence-corrected chi connectivity index (χ0v) is 22.0. The lowest BCUT2D eigenvalue weighted by molar-refractivity contribution is 0.785. The first-order valence-electron chi connectivity index (χ1n) is 8.86. The van der Waals surface area contributed by atoms with Crippen LogP contribution in [0.5, 0.6) is 0 Å². The Balaban J connectivity index is 1.59. The molecule has 8 heteroatoms. The standard InChI is InChI=1S/C20H18Br2N2S4/c1-10(2)17-16(24-20(22)27-17)14-5-4-13(26-14)8-11(3)18-15(23-19(21)28-18)12-6-7-25-9-12/h4-7,9-11H,8H2,1-3H3. The van der Waals surface area contributed by atoms with E-state index in [-0.39, 0.29) is 0 Å². The van der Waals surface area contributed by atoms with Gasteiger partial charge >= 0.3 is 0 Å². The summed E-state index contributed by atoms with van der Waals surface area (Å²) >= 11 is 14.2. The molecule has 2 nitrogen and oxygen atoms in total. The molecular weight excluding hydrogens is 556 g/mol. The Labute approximate surface area is 198 Å². The van der Waals surface area contributed by atoms with Crippen molar-refractivity contribution in [1.82, 2.24) is 9.97 Å². The van der Waals surface area contributed by atoms with Gasteiger partial charge in [-0.2, -0.15) is 11.3 Å². The predicted octanol–water partition coefficient (Wildman–Crippen LogP) is 9.05. The van der Waals surface area contributed by atoms with Gasteiger partial charge in [0.05, 0.1) is 16.3 Å². The zero-order chi connectivity index (χ0) is 19.8. The van der Waals surface area contributed by atoms with Crippen LogP contribution in [-0.4, -0.2) is 9.97 Å². The summed E-state index contributed by atoms with van der Waals surface area (Å²) in [7, 11) is 0. The van der Waals surface area contributed by atoms with Gasteiger partial charge in [0.2, 0.25) is 0 Å². The van der Waals surface area contributed by atoms with Crippen molar-refractivity contribution < 1.29 is 0 Å². The maximum absolute atomic E-state index is 4.74. The molecule has 1 atom stereocenters. The summed E-state index contributed by atoms with van der Waals surface area (Å²) in [6, 6.07) is 6.63. The smallest absolute Gasteiger partial charge is 0.160 e. The van der Waals surface area contributed by atoms with Gasteiger partial charge in [0.15, 0.2) is 7.83 Å². The van der Waals surface area contributed by atoms with Gasteiger partial charge in [-0.25, -0.2) is 9.97 Å². The fourth-order valence-electron chi connectivity index (χ4n) is 3.13. The molecule has 4 rings (SSSR count). The summed E-state index contributed by atoms with van der Waals surface area (Å²) < 4.78 is 1.92. The van der Waals surface area contributed by atoms with Crippen LogP contribution < -0.4 is 0 Å². The lowest BCUT2D eigenvalue weighted by atomic mass is 10.0. The third-order valence-corrected chi connectivity index (χ3v) is 9.77. The number of aromatic nitrogens is 2. The Bertz CT molecular complexity index is 1080. The van der Waals surface area contributed by atoms with Gasteiger partial charge in [-0.15, -0.1) is 34.0 Å². The molecule has 0 radical (unpaired) electrons. The SMILES string of the molecule is CC(C)c1sc(Br)nc1-c1ccc(CC(C)c2sc(Br)nc2-c2ccsc2)s1. The van der Waals surface area contributed by atoms with Crippen LogP contribution in [0.15, 0.2) is 36.8 Å². The third kappa shape index (κ3) is 4.37. The maximum Gasteiger partial charge on any atom is 0.160 e. The van der Waals surface area contributed by atoms with Gasteiger partial charge in [-0.3, -0.25) is 0 Å². The van der Waals surface area contributed by atoms with Gasteiger partial charge in [-0.1, -0.05) is 20.8 Å². The number of rotatable bonds is 6. The molecule has 0 spiro atoms. The monoisotopic (exact) mass is 572 g/mol. The average Bonchev–Trinajstić information content (AvgIpc) is 3.40. The summed E-state index contributed by atoms with van der Waals surface area (Å²) in [5, 5.41) is 4.29. The van der Waals surface area contributed by atoms with Crippen molar-refractivity contribution in [3.05, 3.63) is 51.4 Å². The lowest BCUT2D eigenvalue weighted by Gasteiger charge is -2.09. The highest BCUT2D eigenvalue weighted by atomic mass is 79.9. The summed E-state index contributed by atoms with van der Waals surface area (Å²) in [6.45, 7) is 6.76. The van der Waals surface area contributed by atoms with Gasteiger partial charge in [0.25, 0.3) is 0 Å². The maximum atomic E-state index is 4.74. The van der Waals surface area contributed by atoms with Crippen molar-refractivity contribution in [3.8, 4) is 21.8 Å². The second-order valence-electron chi connectivity index (χ2n) is 6.90. The van der Waals surface area contributed by atoms with E-state index in [1.165, 1.54) is 25.1 Å². The molecule has 4 heterocycles. The van der Waals surface area contributed by atoms with E-state index in [9.17, 15) is 0 Å². The van der Waals surface area contributed by atoms with Gasteiger partial charge < -0.3 is 0 Å². The Morgan fingerprint density at radius 3 is 2.29 bits per heavy atom. The summed E-state index contributed by atoms with van der Waals surface area (Å²) in [6.07, 6.45) is 1.01. The fraction of sp³-hybridized carbons (Fsp3) is 0.300. The molecule has 0 aliphatic rings. The van der Waals surface area contributed by atoms with Gasteiger partial charge in [0.1, 0.15) is 0 Å². The highest BCUT2D eigenvalue weighted by Crippen LogP contribution is 2.42. The minimum absolute atomic E-state index is 0.414. The van der Waals surface area contributed by atoms with Crippen molar-refractivity contribution in [1.29, 1.82) is 0 Å². The minimum Gasteiger partial charge on any atom is -0.229 e. The normalized spacial score (nSPS) is 12.8. The lowest BCUT2D eigenvalue weighted by Crippen LogP contribution is -1.96. The van der Waals surface area contributed by atoms with Gasteiger partial charge in [0, 0.05) is 25.6 Å². The second-order valence-corrected chi connectivity index (χ2v) is 13.5. The van der Waals surface area contributed by atoms with E-state index in [0.29, 0.717) is 11.8 Å². The van der Waals surface area contributed by atoms with Gasteiger partial charge in [-0.05, 0) is 73.7 Å². The molecule has 4 aromatic rings. The average molecular weight is 574 g/mol. The largest absolute Gasteiger partial charge is 0.229 e. The molecule has 0 N–H and O–H groups in total. The third-order valence-electron chi connectivity index (χ3n) is 4.42. The molecule has 146 valence electrons. The molecular formula is C20H18Br2N2S4. The number of nitrogens with zero attached hydrogens (tertiary/aromatic N) is 2. The topological polar surface area (TPSA) is 25.8 Å². The Hall–Kier alpha value is -0.380. The van der Waals surface area contributed by atoms with E-state index in [1.54, 1.807) is 34.0 Å². The highest BCUT2D eigenvalue weighted by Gasteiger charge is 2.21. The van der Waals surface area contributed by atoms with Crippen LogP contribution in [0.25, 0.3) is 21.8 Å². The quantitative estimate of drug-likeness (QED) is 0.230. The van der Waals surface area contributed by atoms with Crippen LogP contribution >= 0.6 is 77.2 Å². The first-order chi connectivity index (χ1) is 13.4. The molecule has 28 heavy (non-hydrogen) atoms. The van der Waals surface area contributed by atoms with Crippen LogP contribution in [-0.2, 0) is 6.42 Å². The number of thiophene rings is 2. The summed E-state index contributed by atoms with van der Waals surface area (Å²) in [5.74, 6) is 0.892. The second kappa shape index (κ2) is 8.78. The molecule has 4 aromatic heterocycles. The first kappa shape index (κ1) is 20.9. The van der Waals surface area contributed by atoms with Crippen molar-refractivity contribution >= 4 is 77.2 Å². The van der Waals surface area contributed by atoms with Crippen molar-refractivity contribution in [2.45, 2.75) is 39.0 Å². The number of halogens is 2. The Morgan fingerprint density at radius 1 is 0.893 bits per heavy atom. The van der Waals surface area contributed by atoms with Crippen LogP contribution in [0.4, 0.5) is 0 Å². The van der Waals surface area contributed by atoms with Crippen molar-refractivity contribution in [3.63, 3.8) is 0 Å². The van der Waals surface area contributed by atoms with Crippen LogP contribution in [0, 0.1) is 0 Å². The van der Waals surface area contributed by atoms with Crippen LogP contribution in [0.2, 0.25) is 0 Å².